The number of para-hydroxylation sites is 1. The predicted octanol–water partition coefficient (Wildman–Crippen LogP) is 3.07. The van der Waals surface area contributed by atoms with E-state index in [1.807, 2.05) is 25.1 Å². The number of benzene rings is 1. The molecule has 3 N–H and O–H groups in total. The van der Waals surface area contributed by atoms with Gasteiger partial charge in [0.15, 0.2) is 0 Å². The monoisotopic (exact) mass is 297 g/mol. The van der Waals surface area contributed by atoms with Crippen LogP contribution in [0.3, 0.4) is 0 Å². The molecule has 1 aliphatic carbocycles. The van der Waals surface area contributed by atoms with Crippen molar-refractivity contribution in [2.24, 2.45) is 5.92 Å². The first kappa shape index (κ1) is 15.1. The molecule has 1 saturated carbocycles. The van der Waals surface area contributed by atoms with Gasteiger partial charge in [-0.2, -0.15) is 0 Å². The minimum absolute atomic E-state index is 0.322. The van der Waals surface area contributed by atoms with E-state index in [9.17, 15) is 9.90 Å². The van der Waals surface area contributed by atoms with E-state index in [4.69, 9.17) is 16.7 Å². The van der Waals surface area contributed by atoms with Crippen LogP contribution in [0.4, 0.5) is 5.69 Å². The summed E-state index contributed by atoms with van der Waals surface area (Å²) in [6, 6.07) is 5.65. The third-order valence-electron chi connectivity index (χ3n) is 4.08. The Bertz CT molecular complexity index is 476. The SMILES string of the molecule is Cc1cccc(Cl)c1NCC1(O)CCC(C(=O)O)CC1. The zero-order valence-electron chi connectivity index (χ0n) is 11.5. The number of hydrogen-bond acceptors (Lipinski definition) is 3. The highest BCUT2D eigenvalue weighted by molar-refractivity contribution is 6.33. The van der Waals surface area contributed by atoms with E-state index in [1.165, 1.54) is 0 Å². The molecule has 1 aromatic rings. The molecule has 20 heavy (non-hydrogen) atoms. The Balaban J connectivity index is 1.96. The van der Waals surface area contributed by atoms with E-state index in [-0.39, 0.29) is 5.92 Å². The zero-order chi connectivity index (χ0) is 14.8. The molecule has 4 nitrogen and oxygen atoms in total. The Labute approximate surface area is 123 Å². The molecule has 0 bridgehead atoms. The Morgan fingerprint density at radius 3 is 2.65 bits per heavy atom. The summed E-state index contributed by atoms with van der Waals surface area (Å²) in [7, 11) is 0. The maximum Gasteiger partial charge on any atom is 0.306 e. The standard InChI is InChI=1S/C15H20ClNO3/c1-10-3-2-4-12(16)13(10)17-9-15(20)7-5-11(6-8-15)14(18)19/h2-4,11,17,20H,5-9H2,1H3,(H,18,19). The van der Waals surface area contributed by atoms with Crippen molar-refractivity contribution in [3.8, 4) is 0 Å². The number of halogens is 1. The van der Waals surface area contributed by atoms with E-state index >= 15 is 0 Å². The van der Waals surface area contributed by atoms with Crippen LogP contribution in [0.5, 0.6) is 0 Å². The zero-order valence-corrected chi connectivity index (χ0v) is 12.3. The van der Waals surface area contributed by atoms with Crippen LogP contribution in [0.15, 0.2) is 18.2 Å². The average Bonchev–Trinajstić information content (AvgIpc) is 2.38. The van der Waals surface area contributed by atoms with Gasteiger partial charge in [-0.25, -0.2) is 0 Å². The molecule has 110 valence electrons. The minimum Gasteiger partial charge on any atom is -0.481 e. The number of hydrogen-bond donors (Lipinski definition) is 3. The summed E-state index contributed by atoms with van der Waals surface area (Å²) < 4.78 is 0. The molecular formula is C15H20ClNO3. The fourth-order valence-corrected chi connectivity index (χ4v) is 2.98. The number of carbonyl (C=O) groups is 1. The summed E-state index contributed by atoms with van der Waals surface area (Å²) in [5, 5.41) is 23.3. The van der Waals surface area contributed by atoms with Gasteiger partial charge in [0.25, 0.3) is 0 Å². The first-order valence-electron chi connectivity index (χ1n) is 6.85. The van der Waals surface area contributed by atoms with Gasteiger partial charge < -0.3 is 15.5 Å². The number of carboxylic acid groups (broad SMARTS) is 1. The molecule has 0 saturated heterocycles. The molecule has 0 spiro atoms. The van der Waals surface area contributed by atoms with Gasteiger partial charge in [0.1, 0.15) is 0 Å². The van der Waals surface area contributed by atoms with Crippen molar-refractivity contribution in [1.82, 2.24) is 0 Å². The van der Waals surface area contributed by atoms with Gasteiger partial charge in [-0.1, -0.05) is 23.7 Å². The molecule has 0 heterocycles. The Kier molecular flexibility index (Phi) is 4.55. The number of rotatable bonds is 4. The van der Waals surface area contributed by atoms with Crippen LogP contribution in [0, 0.1) is 12.8 Å². The lowest BCUT2D eigenvalue weighted by Gasteiger charge is -2.35. The van der Waals surface area contributed by atoms with Crippen molar-refractivity contribution in [1.29, 1.82) is 0 Å². The lowest BCUT2D eigenvalue weighted by atomic mass is 9.79. The van der Waals surface area contributed by atoms with Crippen LogP contribution in [0.2, 0.25) is 5.02 Å². The molecule has 0 atom stereocenters. The van der Waals surface area contributed by atoms with E-state index in [1.54, 1.807) is 0 Å². The summed E-state index contributed by atoms with van der Waals surface area (Å²) in [6.45, 7) is 2.35. The van der Waals surface area contributed by atoms with Crippen molar-refractivity contribution in [2.75, 3.05) is 11.9 Å². The smallest absolute Gasteiger partial charge is 0.306 e. The molecule has 2 rings (SSSR count). The summed E-state index contributed by atoms with van der Waals surface area (Å²) in [5.41, 5.74) is 1.01. The first-order valence-corrected chi connectivity index (χ1v) is 7.23. The summed E-state index contributed by atoms with van der Waals surface area (Å²) in [5.74, 6) is -1.08. The lowest BCUT2D eigenvalue weighted by molar-refractivity contribution is -0.144. The van der Waals surface area contributed by atoms with E-state index < -0.39 is 11.6 Å². The van der Waals surface area contributed by atoms with Gasteiger partial charge in [0.2, 0.25) is 0 Å². The molecule has 1 aromatic carbocycles. The van der Waals surface area contributed by atoms with Gasteiger partial charge in [-0.3, -0.25) is 4.79 Å². The summed E-state index contributed by atoms with van der Waals surface area (Å²) in [4.78, 5) is 10.9. The van der Waals surface area contributed by atoms with Crippen molar-refractivity contribution in [3.05, 3.63) is 28.8 Å². The maximum atomic E-state index is 10.9. The molecule has 0 aromatic heterocycles. The maximum absolute atomic E-state index is 10.9. The average molecular weight is 298 g/mol. The molecule has 5 heteroatoms. The van der Waals surface area contributed by atoms with Crippen LogP contribution in [-0.2, 0) is 4.79 Å². The Hall–Kier alpha value is -1.26. The highest BCUT2D eigenvalue weighted by atomic mass is 35.5. The highest BCUT2D eigenvalue weighted by Gasteiger charge is 2.35. The fraction of sp³-hybridized carbons (Fsp3) is 0.533. The van der Waals surface area contributed by atoms with Crippen LogP contribution >= 0.6 is 11.6 Å². The number of anilines is 1. The second-order valence-corrected chi connectivity index (χ2v) is 6.03. The quantitative estimate of drug-likeness (QED) is 0.799. The Morgan fingerprint density at radius 2 is 2.10 bits per heavy atom. The third-order valence-corrected chi connectivity index (χ3v) is 4.40. The number of aliphatic carboxylic acids is 1. The van der Waals surface area contributed by atoms with Gasteiger partial charge in [-0.15, -0.1) is 0 Å². The highest BCUT2D eigenvalue weighted by Crippen LogP contribution is 2.33. The molecular weight excluding hydrogens is 278 g/mol. The summed E-state index contributed by atoms with van der Waals surface area (Å²) in [6.07, 6.45) is 2.05. The normalized spacial score (nSPS) is 26.2. The Morgan fingerprint density at radius 1 is 1.45 bits per heavy atom. The second-order valence-electron chi connectivity index (χ2n) is 5.62. The molecule has 0 aliphatic heterocycles. The predicted molar refractivity (Wildman–Crippen MR) is 79.2 cm³/mol. The van der Waals surface area contributed by atoms with Gasteiger partial charge in [-0.05, 0) is 44.2 Å². The van der Waals surface area contributed by atoms with E-state index in [0.29, 0.717) is 37.3 Å². The fourth-order valence-electron chi connectivity index (χ4n) is 2.69. The van der Waals surface area contributed by atoms with E-state index in [0.717, 1.165) is 11.3 Å². The van der Waals surface area contributed by atoms with Crippen LogP contribution in [-0.4, -0.2) is 28.3 Å². The van der Waals surface area contributed by atoms with Gasteiger partial charge in [0, 0.05) is 6.54 Å². The topological polar surface area (TPSA) is 69.6 Å². The lowest BCUT2D eigenvalue weighted by Crippen LogP contribution is -2.42. The molecule has 1 fully saturated rings. The van der Waals surface area contributed by atoms with Gasteiger partial charge >= 0.3 is 5.97 Å². The van der Waals surface area contributed by atoms with E-state index in [2.05, 4.69) is 5.32 Å². The number of aliphatic hydroxyl groups is 1. The van der Waals surface area contributed by atoms with Crippen molar-refractivity contribution in [3.63, 3.8) is 0 Å². The van der Waals surface area contributed by atoms with Crippen molar-refractivity contribution < 1.29 is 15.0 Å². The summed E-state index contributed by atoms with van der Waals surface area (Å²) >= 11 is 6.14. The van der Waals surface area contributed by atoms with Gasteiger partial charge in [0.05, 0.1) is 22.2 Å². The third kappa shape index (κ3) is 3.44. The number of aryl methyl sites for hydroxylation is 1. The number of carboxylic acids is 1. The number of nitrogens with one attached hydrogen (secondary N) is 1. The first-order chi connectivity index (χ1) is 9.41. The molecule has 0 unspecified atom stereocenters. The van der Waals surface area contributed by atoms with Crippen molar-refractivity contribution >= 4 is 23.3 Å². The van der Waals surface area contributed by atoms with Crippen LogP contribution in [0.25, 0.3) is 0 Å². The van der Waals surface area contributed by atoms with Crippen molar-refractivity contribution in [2.45, 2.75) is 38.2 Å². The second kappa shape index (κ2) is 6.02. The van der Waals surface area contributed by atoms with Crippen LogP contribution < -0.4 is 5.32 Å². The largest absolute Gasteiger partial charge is 0.481 e. The molecule has 0 amide bonds. The van der Waals surface area contributed by atoms with Crippen LogP contribution in [0.1, 0.15) is 31.2 Å². The molecule has 1 aliphatic rings. The molecule has 0 radical (unpaired) electrons. The minimum atomic E-state index is -0.850.